The van der Waals surface area contributed by atoms with Gasteiger partial charge in [-0.1, -0.05) is 6.08 Å². The lowest BCUT2D eigenvalue weighted by atomic mass is 10.2. The van der Waals surface area contributed by atoms with Crippen LogP contribution in [0.1, 0.15) is 11.3 Å². The van der Waals surface area contributed by atoms with Crippen molar-refractivity contribution >= 4 is 0 Å². The molecule has 0 fully saturated rings. The number of aromatic nitrogens is 2. The van der Waals surface area contributed by atoms with Crippen molar-refractivity contribution in [1.82, 2.24) is 9.78 Å². The van der Waals surface area contributed by atoms with Crippen molar-refractivity contribution in [2.75, 3.05) is 0 Å². The van der Waals surface area contributed by atoms with Crippen molar-refractivity contribution in [3.8, 4) is 0 Å². The molecule has 60 valence electrons. The van der Waals surface area contributed by atoms with Crippen LogP contribution in [0.4, 0.5) is 0 Å². The van der Waals surface area contributed by atoms with Gasteiger partial charge in [0.2, 0.25) is 0 Å². The molecule has 0 aliphatic carbocycles. The molecule has 0 saturated carbocycles. The lowest BCUT2D eigenvalue weighted by Gasteiger charge is -1.87. The van der Waals surface area contributed by atoms with Crippen LogP contribution >= 0.6 is 0 Å². The summed E-state index contributed by atoms with van der Waals surface area (Å²) >= 11 is 0. The molecule has 1 rings (SSSR count). The van der Waals surface area contributed by atoms with Crippen LogP contribution in [0.5, 0.6) is 0 Å². The monoisotopic (exact) mass is 152 g/mol. The van der Waals surface area contributed by atoms with E-state index in [9.17, 15) is 4.79 Å². The molecule has 1 heterocycles. The van der Waals surface area contributed by atoms with Crippen molar-refractivity contribution in [3.05, 3.63) is 34.3 Å². The average Bonchev–Trinajstić information content (AvgIpc) is 2.17. The first kappa shape index (κ1) is 7.85. The van der Waals surface area contributed by atoms with Gasteiger partial charge in [-0.15, -0.1) is 6.58 Å². The van der Waals surface area contributed by atoms with Crippen LogP contribution in [0.15, 0.2) is 17.4 Å². The zero-order valence-electron chi connectivity index (χ0n) is 6.85. The van der Waals surface area contributed by atoms with E-state index in [0.29, 0.717) is 6.42 Å². The molecule has 0 aliphatic heterocycles. The predicted octanol–water partition coefficient (Wildman–Crippen LogP) is 0.750. The highest BCUT2D eigenvalue weighted by atomic mass is 16.1. The molecule has 0 unspecified atom stereocenters. The van der Waals surface area contributed by atoms with Crippen LogP contribution in [0.2, 0.25) is 0 Å². The molecule has 1 aromatic heterocycles. The van der Waals surface area contributed by atoms with Gasteiger partial charge in [0.25, 0.3) is 5.56 Å². The molecule has 0 spiro atoms. The zero-order chi connectivity index (χ0) is 8.43. The smallest absolute Gasteiger partial charge is 0.269 e. The van der Waals surface area contributed by atoms with Gasteiger partial charge in [-0.25, -0.2) is 0 Å². The summed E-state index contributed by atoms with van der Waals surface area (Å²) in [7, 11) is 1.71. The molecule has 3 heteroatoms. The number of hydrogen-bond acceptors (Lipinski definition) is 1. The quantitative estimate of drug-likeness (QED) is 0.624. The number of hydrogen-bond donors (Lipinski definition) is 1. The van der Waals surface area contributed by atoms with Gasteiger partial charge in [0.05, 0.1) is 0 Å². The van der Waals surface area contributed by atoms with E-state index in [-0.39, 0.29) is 5.56 Å². The molecular formula is C8H12N2O. The second kappa shape index (κ2) is 2.78. The number of aromatic amines is 1. The summed E-state index contributed by atoms with van der Waals surface area (Å²) < 4.78 is 1.48. The van der Waals surface area contributed by atoms with Gasteiger partial charge >= 0.3 is 0 Å². The van der Waals surface area contributed by atoms with Gasteiger partial charge in [-0.2, -0.15) is 0 Å². The molecule has 1 N–H and O–H groups in total. The molecule has 0 radical (unpaired) electrons. The molecule has 1 aromatic rings. The van der Waals surface area contributed by atoms with E-state index >= 15 is 0 Å². The summed E-state index contributed by atoms with van der Waals surface area (Å²) in [6, 6.07) is 0. The summed E-state index contributed by atoms with van der Waals surface area (Å²) in [5.74, 6) is 0. The molecule has 0 atom stereocenters. The molecule has 0 aliphatic rings. The van der Waals surface area contributed by atoms with Crippen molar-refractivity contribution in [1.29, 1.82) is 0 Å². The molecule has 0 aromatic carbocycles. The summed E-state index contributed by atoms with van der Waals surface area (Å²) in [4.78, 5) is 11.3. The van der Waals surface area contributed by atoms with Crippen molar-refractivity contribution in [2.24, 2.45) is 7.05 Å². The van der Waals surface area contributed by atoms with Gasteiger partial charge in [-0.05, 0) is 13.3 Å². The number of nitrogens with one attached hydrogen (secondary N) is 1. The van der Waals surface area contributed by atoms with Gasteiger partial charge in [0, 0.05) is 18.3 Å². The Morgan fingerprint density at radius 2 is 2.36 bits per heavy atom. The molecule has 0 amide bonds. The minimum absolute atomic E-state index is 0.0439. The van der Waals surface area contributed by atoms with E-state index < -0.39 is 0 Å². The number of H-pyrrole nitrogens is 1. The summed E-state index contributed by atoms with van der Waals surface area (Å²) in [6.07, 6.45) is 2.37. The number of allylic oxidation sites excluding steroid dienone is 1. The van der Waals surface area contributed by atoms with Crippen LogP contribution in [0, 0.1) is 6.92 Å². The zero-order valence-corrected chi connectivity index (χ0v) is 6.85. The Morgan fingerprint density at radius 1 is 1.73 bits per heavy atom. The maximum atomic E-state index is 11.3. The van der Waals surface area contributed by atoms with Crippen molar-refractivity contribution < 1.29 is 0 Å². The fraction of sp³-hybridized carbons (Fsp3) is 0.375. The highest BCUT2D eigenvalue weighted by Crippen LogP contribution is 1.98. The summed E-state index contributed by atoms with van der Waals surface area (Å²) in [5, 5.41) is 2.92. The predicted molar refractivity (Wildman–Crippen MR) is 44.7 cm³/mol. The van der Waals surface area contributed by atoms with Gasteiger partial charge in [0.15, 0.2) is 0 Å². The van der Waals surface area contributed by atoms with Gasteiger partial charge in [-0.3, -0.25) is 14.6 Å². The van der Waals surface area contributed by atoms with Crippen LogP contribution in [0.3, 0.4) is 0 Å². The molecule has 0 bridgehead atoms. The third-order valence-electron chi connectivity index (χ3n) is 1.70. The van der Waals surface area contributed by atoms with E-state index in [1.807, 2.05) is 6.92 Å². The Balaban J connectivity index is 3.22. The average molecular weight is 152 g/mol. The maximum Gasteiger partial charge on any atom is 0.269 e. The van der Waals surface area contributed by atoms with Crippen LogP contribution in [0.25, 0.3) is 0 Å². The molecular weight excluding hydrogens is 140 g/mol. The number of nitrogens with zero attached hydrogens (tertiary/aromatic N) is 1. The van der Waals surface area contributed by atoms with E-state index in [4.69, 9.17) is 0 Å². The minimum Gasteiger partial charge on any atom is -0.300 e. The van der Waals surface area contributed by atoms with Crippen LogP contribution in [-0.4, -0.2) is 9.78 Å². The Kier molecular flexibility index (Phi) is 1.98. The number of aryl methyl sites for hydroxylation is 2. The molecule has 0 saturated heterocycles. The van der Waals surface area contributed by atoms with Crippen LogP contribution in [-0.2, 0) is 13.5 Å². The number of rotatable bonds is 2. The van der Waals surface area contributed by atoms with E-state index in [2.05, 4.69) is 11.7 Å². The Labute approximate surface area is 65.3 Å². The summed E-state index contributed by atoms with van der Waals surface area (Å²) in [5.41, 5.74) is 1.78. The molecule has 3 nitrogen and oxygen atoms in total. The third kappa shape index (κ3) is 1.27. The minimum atomic E-state index is 0.0439. The largest absolute Gasteiger partial charge is 0.300 e. The lowest BCUT2D eigenvalue weighted by Crippen LogP contribution is -2.14. The highest BCUT2D eigenvalue weighted by molar-refractivity contribution is 5.18. The topological polar surface area (TPSA) is 37.8 Å². The second-order valence-electron chi connectivity index (χ2n) is 2.57. The SMILES string of the molecule is C=CCc1c(C)[nH]n(C)c1=O. The van der Waals surface area contributed by atoms with Gasteiger partial charge in [0.1, 0.15) is 0 Å². The van der Waals surface area contributed by atoms with E-state index in [1.165, 1.54) is 4.68 Å². The maximum absolute atomic E-state index is 11.3. The standard InChI is InChI=1S/C8H12N2O/c1-4-5-7-6(2)9-10(3)8(7)11/h4,9H,1,5H2,2-3H3. The fourth-order valence-electron chi connectivity index (χ4n) is 1.12. The van der Waals surface area contributed by atoms with E-state index in [1.54, 1.807) is 13.1 Å². The molecule has 11 heavy (non-hydrogen) atoms. The Hall–Kier alpha value is -1.25. The van der Waals surface area contributed by atoms with E-state index in [0.717, 1.165) is 11.3 Å². The van der Waals surface area contributed by atoms with Crippen molar-refractivity contribution in [2.45, 2.75) is 13.3 Å². The normalized spacial score (nSPS) is 10.0. The first-order chi connectivity index (χ1) is 5.16. The second-order valence-corrected chi connectivity index (χ2v) is 2.57. The lowest BCUT2D eigenvalue weighted by molar-refractivity contribution is 0.730. The van der Waals surface area contributed by atoms with Crippen LogP contribution < -0.4 is 5.56 Å². The Morgan fingerprint density at radius 3 is 2.73 bits per heavy atom. The highest BCUT2D eigenvalue weighted by Gasteiger charge is 2.05. The van der Waals surface area contributed by atoms with Crippen molar-refractivity contribution in [3.63, 3.8) is 0 Å². The third-order valence-corrected chi connectivity index (χ3v) is 1.70. The summed E-state index contributed by atoms with van der Waals surface area (Å²) in [6.45, 7) is 5.47. The van der Waals surface area contributed by atoms with Gasteiger partial charge < -0.3 is 0 Å². The first-order valence-electron chi connectivity index (χ1n) is 3.52. The fourth-order valence-corrected chi connectivity index (χ4v) is 1.12. The Bertz CT molecular complexity index is 319. The first-order valence-corrected chi connectivity index (χ1v) is 3.52.